The molecule has 0 fully saturated rings. The first-order chi connectivity index (χ1) is 16.7. The van der Waals surface area contributed by atoms with E-state index in [0.717, 1.165) is 16.7 Å². The minimum Gasteiger partial charge on any atom is -0.461 e. The zero-order valence-electron chi connectivity index (χ0n) is 18.8. The smallest absolute Gasteiger partial charge is 0.358 e. The second kappa shape index (κ2) is 9.19. The van der Waals surface area contributed by atoms with E-state index in [1.165, 1.54) is 0 Å². The van der Waals surface area contributed by atoms with Gasteiger partial charge in [0.05, 0.1) is 19.1 Å². The van der Waals surface area contributed by atoms with E-state index < -0.39 is 11.5 Å². The molecule has 0 atom stereocenters. The van der Waals surface area contributed by atoms with Crippen molar-refractivity contribution in [3.63, 3.8) is 0 Å². The van der Waals surface area contributed by atoms with Crippen LogP contribution in [0.15, 0.2) is 116 Å². The number of carbonyl (C=O) groups is 1. The molecule has 5 rings (SSSR count). The van der Waals surface area contributed by atoms with Gasteiger partial charge in [-0.25, -0.2) is 14.5 Å². The van der Waals surface area contributed by atoms with E-state index in [-0.39, 0.29) is 5.69 Å². The summed E-state index contributed by atoms with van der Waals surface area (Å²) in [7, 11) is 0. The van der Waals surface area contributed by atoms with Crippen LogP contribution in [0.2, 0.25) is 0 Å². The average Bonchev–Trinajstić information content (AvgIpc) is 3.58. The highest BCUT2D eigenvalue weighted by Crippen LogP contribution is 2.40. The van der Waals surface area contributed by atoms with Gasteiger partial charge in [-0.05, 0) is 29.7 Å². The highest BCUT2D eigenvalue weighted by atomic mass is 16.5. The number of carbonyl (C=O) groups excluding carboxylic acids is 1. The summed E-state index contributed by atoms with van der Waals surface area (Å²) in [6.07, 6.45) is 5.48. The molecule has 0 amide bonds. The summed E-state index contributed by atoms with van der Waals surface area (Å²) in [5, 5.41) is 4.38. The van der Waals surface area contributed by atoms with Crippen molar-refractivity contribution in [1.29, 1.82) is 0 Å². The molecule has 0 aliphatic heterocycles. The Bertz CT molecular complexity index is 1280. The van der Waals surface area contributed by atoms with Crippen molar-refractivity contribution in [2.45, 2.75) is 12.5 Å². The minimum atomic E-state index is -0.661. The topological polar surface area (TPSA) is 61.9 Å². The third-order valence-corrected chi connectivity index (χ3v) is 5.84. The molecule has 168 valence electrons. The summed E-state index contributed by atoms with van der Waals surface area (Å²) in [5.41, 5.74) is 2.89. The number of hydrogen-bond donors (Lipinski definition) is 0. The van der Waals surface area contributed by atoms with Gasteiger partial charge in [-0.15, -0.1) is 0 Å². The number of esters is 1. The molecule has 0 radical (unpaired) electrons. The molecule has 0 N–H and O–H groups in total. The van der Waals surface area contributed by atoms with E-state index in [1.807, 2.05) is 67.1 Å². The third kappa shape index (κ3) is 3.69. The highest BCUT2D eigenvalue weighted by Gasteiger charge is 2.38. The zero-order valence-corrected chi connectivity index (χ0v) is 18.8. The largest absolute Gasteiger partial charge is 0.461 e. The molecule has 2 aromatic heterocycles. The van der Waals surface area contributed by atoms with Crippen molar-refractivity contribution >= 4 is 5.97 Å². The van der Waals surface area contributed by atoms with Crippen LogP contribution in [0.5, 0.6) is 0 Å². The Labute approximate surface area is 198 Å². The maximum atomic E-state index is 12.1. The number of ether oxygens (including phenoxy) is 1. The fraction of sp³-hybridized carbons (Fsp3) is 0.107. The van der Waals surface area contributed by atoms with E-state index in [1.54, 1.807) is 23.9 Å². The molecule has 0 saturated heterocycles. The number of benzene rings is 3. The van der Waals surface area contributed by atoms with Crippen LogP contribution in [-0.4, -0.2) is 31.9 Å². The van der Waals surface area contributed by atoms with Gasteiger partial charge in [-0.3, -0.25) is 0 Å². The normalized spacial score (nSPS) is 11.3. The second-order valence-electron chi connectivity index (χ2n) is 7.81. The molecule has 6 nitrogen and oxygen atoms in total. The Balaban J connectivity index is 1.70. The Morgan fingerprint density at radius 2 is 1.35 bits per heavy atom. The van der Waals surface area contributed by atoms with Crippen LogP contribution in [0, 0.1) is 0 Å². The van der Waals surface area contributed by atoms with Gasteiger partial charge in [0, 0.05) is 6.20 Å². The Morgan fingerprint density at radius 3 is 1.85 bits per heavy atom. The first-order valence-electron chi connectivity index (χ1n) is 11.2. The van der Waals surface area contributed by atoms with Crippen LogP contribution >= 0.6 is 0 Å². The third-order valence-electron chi connectivity index (χ3n) is 5.84. The summed E-state index contributed by atoms with van der Waals surface area (Å²) in [4.78, 5) is 16.7. The van der Waals surface area contributed by atoms with Crippen molar-refractivity contribution < 1.29 is 9.53 Å². The molecule has 6 heteroatoms. The fourth-order valence-corrected chi connectivity index (χ4v) is 4.36. The molecule has 0 aliphatic rings. The standard InChI is InChI=1S/C28H24N4O2/c1-2-34-27(33)25-18-19-32(30-25)26-20-31(21-29-26)28(22-12-6-3-7-13-22,23-14-8-4-9-15-23)24-16-10-5-11-17-24/h3-21H,2H2,1H3. The molecular formula is C28H24N4O2. The lowest BCUT2D eigenvalue weighted by Crippen LogP contribution is -2.36. The lowest BCUT2D eigenvalue weighted by molar-refractivity contribution is 0.0519. The van der Waals surface area contributed by atoms with Crippen LogP contribution < -0.4 is 0 Å². The lowest BCUT2D eigenvalue weighted by atomic mass is 9.77. The Morgan fingerprint density at radius 1 is 0.824 bits per heavy atom. The van der Waals surface area contributed by atoms with E-state index in [4.69, 9.17) is 4.74 Å². The van der Waals surface area contributed by atoms with E-state index in [9.17, 15) is 4.79 Å². The van der Waals surface area contributed by atoms with Crippen molar-refractivity contribution in [1.82, 2.24) is 19.3 Å². The second-order valence-corrected chi connectivity index (χ2v) is 7.81. The molecule has 0 saturated carbocycles. The van der Waals surface area contributed by atoms with Gasteiger partial charge in [0.2, 0.25) is 0 Å². The van der Waals surface area contributed by atoms with Gasteiger partial charge in [0.15, 0.2) is 11.5 Å². The molecule has 5 aromatic rings. The summed E-state index contributed by atoms with van der Waals surface area (Å²) in [6, 6.07) is 32.8. The maximum Gasteiger partial charge on any atom is 0.358 e. The monoisotopic (exact) mass is 448 g/mol. The van der Waals surface area contributed by atoms with Crippen molar-refractivity contribution in [2.24, 2.45) is 0 Å². The van der Waals surface area contributed by atoms with Crippen LogP contribution in [0.1, 0.15) is 34.1 Å². The molecule has 3 aromatic carbocycles. The van der Waals surface area contributed by atoms with E-state index in [0.29, 0.717) is 12.4 Å². The summed E-state index contributed by atoms with van der Waals surface area (Å²) in [6.45, 7) is 2.07. The van der Waals surface area contributed by atoms with Gasteiger partial charge in [-0.2, -0.15) is 5.10 Å². The average molecular weight is 449 g/mol. The van der Waals surface area contributed by atoms with Crippen LogP contribution in [0.25, 0.3) is 5.82 Å². The molecule has 2 heterocycles. The number of nitrogens with zero attached hydrogens (tertiary/aromatic N) is 4. The fourth-order valence-electron chi connectivity index (χ4n) is 4.36. The number of aromatic nitrogens is 4. The summed E-state index contributed by atoms with van der Waals surface area (Å²) in [5.74, 6) is 0.149. The van der Waals surface area contributed by atoms with Crippen molar-refractivity contribution in [3.05, 3.63) is 138 Å². The molecule has 0 bridgehead atoms. The molecule has 34 heavy (non-hydrogen) atoms. The van der Waals surface area contributed by atoms with Crippen LogP contribution in [-0.2, 0) is 10.3 Å². The Kier molecular flexibility index (Phi) is 5.79. The van der Waals surface area contributed by atoms with Crippen molar-refractivity contribution in [2.75, 3.05) is 6.61 Å². The molecule has 0 spiro atoms. The zero-order chi connectivity index (χ0) is 23.4. The van der Waals surface area contributed by atoms with Gasteiger partial charge in [-0.1, -0.05) is 91.0 Å². The Hall–Kier alpha value is -4.45. The lowest BCUT2D eigenvalue weighted by Gasteiger charge is -2.37. The SMILES string of the molecule is CCOC(=O)c1ccn(-c2cn(C(c3ccccc3)(c3ccccc3)c3ccccc3)cn2)n1. The van der Waals surface area contributed by atoms with E-state index in [2.05, 4.69) is 51.0 Å². The number of imidazole rings is 1. The number of rotatable bonds is 7. The molecule has 0 aliphatic carbocycles. The van der Waals surface area contributed by atoms with Crippen molar-refractivity contribution in [3.8, 4) is 5.82 Å². The number of hydrogen-bond acceptors (Lipinski definition) is 4. The summed E-state index contributed by atoms with van der Waals surface area (Å²) < 4.78 is 8.77. The van der Waals surface area contributed by atoms with Gasteiger partial charge in [0.25, 0.3) is 0 Å². The van der Waals surface area contributed by atoms with Gasteiger partial charge >= 0.3 is 5.97 Å². The van der Waals surface area contributed by atoms with Crippen LogP contribution in [0.4, 0.5) is 0 Å². The van der Waals surface area contributed by atoms with Gasteiger partial charge < -0.3 is 9.30 Å². The van der Waals surface area contributed by atoms with Gasteiger partial charge in [0.1, 0.15) is 5.54 Å². The maximum absolute atomic E-state index is 12.1. The van der Waals surface area contributed by atoms with Crippen LogP contribution in [0.3, 0.4) is 0 Å². The predicted octanol–water partition coefficient (Wildman–Crippen LogP) is 5.09. The van der Waals surface area contributed by atoms with E-state index >= 15 is 0 Å². The molecule has 0 unspecified atom stereocenters. The predicted molar refractivity (Wildman–Crippen MR) is 130 cm³/mol. The highest BCUT2D eigenvalue weighted by molar-refractivity contribution is 5.87. The quantitative estimate of drug-likeness (QED) is 0.257. The first kappa shape index (κ1) is 21.4. The summed E-state index contributed by atoms with van der Waals surface area (Å²) >= 11 is 0. The molecular weight excluding hydrogens is 424 g/mol. The minimum absolute atomic E-state index is 0.247. The first-order valence-corrected chi connectivity index (χ1v) is 11.2.